The van der Waals surface area contributed by atoms with E-state index in [2.05, 4.69) is 5.32 Å². The summed E-state index contributed by atoms with van der Waals surface area (Å²) in [7, 11) is 3.90. The Morgan fingerprint density at radius 2 is 1.63 bits per heavy atom. The second-order valence-corrected chi connectivity index (χ2v) is 7.18. The van der Waals surface area contributed by atoms with Crippen LogP contribution in [-0.2, 0) is 6.61 Å². The van der Waals surface area contributed by atoms with Crippen molar-refractivity contribution in [3.63, 3.8) is 0 Å². The van der Waals surface area contributed by atoms with Gasteiger partial charge in [0.15, 0.2) is 5.76 Å². The number of rotatable bonds is 9. The quantitative estimate of drug-likeness (QED) is 0.558. The number of ether oxygens (including phenoxy) is 1. The Kier molecular flexibility index (Phi) is 7.19. The van der Waals surface area contributed by atoms with Crippen LogP contribution in [0, 0.1) is 11.6 Å². The minimum Gasteiger partial charge on any atom is -0.486 e. The van der Waals surface area contributed by atoms with Crippen LogP contribution in [0.1, 0.15) is 34.3 Å². The molecule has 1 aromatic heterocycles. The molecule has 3 rings (SSSR count). The van der Waals surface area contributed by atoms with Crippen LogP contribution in [0.25, 0.3) is 0 Å². The lowest BCUT2D eigenvalue weighted by atomic mass is 10.0. The Balaban J connectivity index is 1.63. The first-order valence-electron chi connectivity index (χ1n) is 9.59. The topological polar surface area (TPSA) is 54.7 Å². The lowest BCUT2D eigenvalue weighted by Gasteiger charge is -2.21. The van der Waals surface area contributed by atoms with E-state index in [-0.39, 0.29) is 36.0 Å². The van der Waals surface area contributed by atoms with Gasteiger partial charge in [0.1, 0.15) is 29.8 Å². The molecule has 0 fully saturated rings. The minimum absolute atomic E-state index is 0.112. The second kappa shape index (κ2) is 10.0. The molecule has 0 saturated heterocycles. The van der Waals surface area contributed by atoms with E-state index in [0.29, 0.717) is 17.9 Å². The Bertz CT molecular complexity index is 953. The van der Waals surface area contributed by atoms with Crippen LogP contribution in [0.4, 0.5) is 8.78 Å². The number of carbonyl (C=O) groups excluding carboxylic acids is 1. The fourth-order valence-corrected chi connectivity index (χ4v) is 2.90. The Morgan fingerprint density at radius 3 is 2.27 bits per heavy atom. The van der Waals surface area contributed by atoms with Crippen LogP contribution in [0.5, 0.6) is 5.75 Å². The van der Waals surface area contributed by atoms with Crippen molar-refractivity contribution in [3.05, 3.63) is 89.4 Å². The summed E-state index contributed by atoms with van der Waals surface area (Å²) in [4.78, 5) is 14.7. The number of benzene rings is 2. The zero-order valence-corrected chi connectivity index (χ0v) is 16.9. The van der Waals surface area contributed by atoms with Gasteiger partial charge in [0, 0.05) is 0 Å². The van der Waals surface area contributed by atoms with E-state index >= 15 is 0 Å². The molecule has 2 aromatic carbocycles. The molecular formula is C23H24F2N2O3. The Morgan fingerprint density at radius 1 is 1.00 bits per heavy atom. The van der Waals surface area contributed by atoms with Gasteiger partial charge in [-0.25, -0.2) is 8.78 Å². The van der Waals surface area contributed by atoms with Gasteiger partial charge in [-0.2, -0.15) is 0 Å². The highest BCUT2D eigenvalue weighted by Gasteiger charge is 2.19. The van der Waals surface area contributed by atoms with Gasteiger partial charge < -0.3 is 19.4 Å². The fourth-order valence-electron chi connectivity index (χ4n) is 2.90. The van der Waals surface area contributed by atoms with Crippen LogP contribution in [0.3, 0.4) is 0 Å². The van der Waals surface area contributed by atoms with Crippen LogP contribution >= 0.6 is 0 Å². The van der Waals surface area contributed by atoms with Crippen molar-refractivity contribution in [2.75, 3.05) is 20.6 Å². The molecule has 158 valence electrons. The maximum atomic E-state index is 13.3. The van der Waals surface area contributed by atoms with Gasteiger partial charge in [-0.3, -0.25) is 4.79 Å². The van der Waals surface area contributed by atoms with E-state index in [1.54, 1.807) is 24.3 Å². The number of furan rings is 1. The molecule has 0 aliphatic rings. The third-order valence-electron chi connectivity index (χ3n) is 4.52. The zero-order chi connectivity index (χ0) is 21.5. The predicted octanol–water partition coefficient (Wildman–Crippen LogP) is 4.56. The largest absolute Gasteiger partial charge is 0.486 e. The van der Waals surface area contributed by atoms with Crippen molar-refractivity contribution in [1.29, 1.82) is 0 Å². The third-order valence-corrected chi connectivity index (χ3v) is 4.52. The summed E-state index contributed by atoms with van der Waals surface area (Å²) < 4.78 is 37.3. The highest BCUT2D eigenvalue weighted by molar-refractivity contribution is 5.91. The van der Waals surface area contributed by atoms with Gasteiger partial charge in [-0.1, -0.05) is 12.1 Å². The summed E-state index contributed by atoms with van der Waals surface area (Å²) in [5.41, 5.74) is 0.818. The average Bonchev–Trinajstić information content (AvgIpc) is 3.20. The van der Waals surface area contributed by atoms with Crippen molar-refractivity contribution in [2.24, 2.45) is 0 Å². The Hall–Kier alpha value is -3.19. The zero-order valence-electron chi connectivity index (χ0n) is 16.9. The molecule has 0 saturated carbocycles. The fraction of sp³-hybridized carbons (Fsp3) is 0.261. The van der Waals surface area contributed by atoms with E-state index in [1.807, 2.05) is 19.0 Å². The van der Waals surface area contributed by atoms with Crippen LogP contribution in [-0.4, -0.2) is 31.4 Å². The molecule has 0 aliphatic heterocycles. The summed E-state index contributed by atoms with van der Waals surface area (Å²) in [6.07, 6.45) is 0.658. The van der Waals surface area contributed by atoms with E-state index in [1.165, 1.54) is 36.4 Å². The molecule has 0 aliphatic carbocycles. The summed E-state index contributed by atoms with van der Waals surface area (Å²) in [6.45, 7) is 0.859. The molecule has 1 unspecified atom stereocenters. The maximum Gasteiger partial charge on any atom is 0.287 e. The van der Waals surface area contributed by atoms with E-state index in [4.69, 9.17) is 9.15 Å². The third kappa shape index (κ3) is 6.15. The Labute approximate surface area is 174 Å². The molecule has 1 amide bonds. The van der Waals surface area contributed by atoms with Crippen LogP contribution in [0.15, 0.2) is 65.1 Å². The smallest absolute Gasteiger partial charge is 0.287 e. The highest BCUT2D eigenvalue weighted by atomic mass is 19.1. The summed E-state index contributed by atoms with van der Waals surface area (Å²) in [5, 5.41) is 2.95. The average molecular weight is 414 g/mol. The lowest BCUT2D eigenvalue weighted by Crippen LogP contribution is -2.30. The molecule has 5 nitrogen and oxygen atoms in total. The number of halogens is 2. The van der Waals surface area contributed by atoms with Crippen LogP contribution < -0.4 is 10.1 Å². The minimum atomic E-state index is -0.365. The molecule has 0 radical (unpaired) electrons. The van der Waals surface area contributed by atoms with Crippen molar-refractivity contribution >= 4 is 5.91 Å². The molecule has 1 heterocycles. The van der Waals surface area contributed by atoms with Crippen molar-refractivity contribution in [3.8, 4) is 5.75 Å². The number of hydrogen-bond donors (Lipinski definition) is 1. The van der Waals surface area contributed by atoms with Crippen LogP contribution in [0.2, 0.25) is 0 Å². The molecule has 0 spiro atoms. The first-order chi connectivity index (χ1) is 14.4. The second-order valence-electron chi connectivity index (χ2n) is 7.18. The van der Waals surface area contributed by atoms with Gasteiger partial charge in [0.2, 0.25) is 0 Å². The molecule has 1 atom stereocenters. The van der Waals surface area contributed by atoms with Crippen molar-refractivity contribution < 1.29 is 22.7 Å². The molecule has 30 heavy (non-hydrogen) atoms. The van der Waals surface area contributed by atoms with E-state index < -0.39 is 0 Å². The first-order valence-corrected chi connectivity index (χ1v) is 9.59. The molecule has 7 heteroatoms. The standard InChI is InChI=1S/C23H24F2N2O3/c1-27(2)14-13-21(16-3-5-17(24)6-4-16)26-23(28)22-12-11-20(30-22)15-29-19-9-7-18(25)8-10-19/h3-12,21H,13-15H2,1-2H3,(H,26,28). The molecule has 1 N–H and O–H groups in total. The van der Waals surface area contributed by atoms with Gasteiger partial charge in [0.05, 0.1) is 6.04 Å². The van der Waals surface area contributed by atoms with Gasteiger partial charge >= 0.3 is 0 Å². The maximum absolute atomic E-state index is 13.3. The first kappa shape index (κ1) is 21.5. The number of hydrogen-bond acceptors (Lipinski definition) is 4. The highest BCUT2D eigenvalue weighted by Crippen LogP contribution is 2.20. The van der Waals surface area contributed by atoms with E-state index in [9.17, 15) is 13.6 Å². The molecule has 3 aromatic rings. The summed E-state index contributed by atoms with van der Waals surface area (Å²) in [5.74, 6) is 0.0910. The normalized spacial score (nSPS) is 12.0. The number of nitrogens with one attached hydrogen (secondary N) is 1. The van der Waals surface area contributed by atoms with E-state index in [0.717, 1.165) is 12.1 Å². The number of carbonyl (C=O) groups is 1. The summed E-state index contributed by atoms with van der Waals surface area (Å²) >= 11 is 0. The van der Waals surface area contributed by atoms with Crippen molar-refractivity contribution in [1.82, 2.24) is 10.2 Å². The summed E-state index contributed by atoms with van der Waals surface area (Å²) in [6, 6.07) is 14.7. The lowest BCUT2D eigenvalue weighted by molar-refractivity contribution is 0.0900. The molecule has 0 bridgehead atoms. The monoisotopic (exact) mass is 414 g/mol. The van der Waals surface area contributed by atoms with Gasteiger partial charge in [-0.05, 0) is 81.2 Å². The molecular weight excluding hydrogens is 390 g/mol. The van der Waals surface area contributed by atoms with Gasteiger partial charge in [0.25, 0.3) is 5.91 Å². The number of nitrogens with zero attached hydrogens (tertiary/aromatic N) is 1. The van der Waals surface area contributed by atoms with Crippen molar-refractivity contribution in [2.45, 2.75) is 19.1 Å². The predicted molar refractivity (Wildman–Crippen MR) is 109 cm³/mol. The van der Waals surface area contributed by atoms with Gasteiger partial charge in [-0.15, -0.1) is 0 Å². The number of amides is 1. The SMILES string of the molecule is CN(C)CCC(NC(=O)c1ccc(COc2ccc(F)cc2)o1)c1ccc(F)cc1.